The standard InChI is InChI=1S/C24H35NO2/c1-7-26-21-15-11-14-20(16-25-24(5,6)18-23(2,3)4)22(21)27-17-19-12-9-8-10-13-19/h8-15,25H,7,16-18H2,1-6H3. The molecule has 1 N–H and O–H groups in total. The fourth-order valence-electron chi connectivity index (χ4n) is 3.59. The minimum absolute atomic E-state index is 0.0383. The van der Waals surface area contributed by atoms with Gasteiger partial charge < -0.3 is 14.8 Å². The molecule has 0 radical (unpaired) electrons. The van der Waals surface area contributed by atoms with Crippen molar-refractivity contribution >= 4 is 0 Å². The largest absolute Gasteiger partial charge is 0.490 e. The molecule has 0 fully saturated rings. The second-order valence-corrected chi connectivity index (χ2v) is 8.93. The first kappa shape index (κ1) is 21.3. The summed E-state index contributed by atoms with van der Waals surface area (Å²) in [4.78, 5) is 0. The Kier molecular flexibility index (Phi) is 7.32. The van der Waals surface area contributed by atoms with Crippen LogP contribution >= 0.6 is 0 Å². The molecule has 2 aromatic rings. The smallest absolute Gasteiger partial charge is 0.166 e. The van der Waals surface area contributed by atoms with Crippen molar-refractivity contribution in [2.45, 2.75) is 66.7 Å². The molecule has 3 nitrogen and oxygen atoms in total. The van der Waals surface area contributed by atoms with Crippen molar-refractivity contribution in [1.82, 2.24) is 5.32 Å². The Morgan fingerprint density at radius 2 is 1.56 bits per heavy atom. The highest BCUT2D eigenvalue weighted by Gasteiger charge is 2.25. The van der Waals surface area contributed by atoms with Crippen LogP contribution in [0.2, 0.25) is 0 Å². The van der Waals surface area contributed by atoms with Gasteiger partial charge in [0.05, 0.1) is 6.61 Å². The predicted octanol–water partition coefficient (Wildman–Crippen LogP) is 5.97. The first-order chi connectivity index (χ1) is 12.7. The van der Waals surface area contributed by atoms with E-state index >= 15 is 0 Å². The average Bonchev–Trinajstić information content (AvgIpc) is 2.58. The van der Waals surface area contributed by atoms with Crippen molar-refractivity contribution in [2.24, 2.45) is 5.41 Å². The third-order valence-electron chi connectivity index (χ3n) is 4.32. The van der Waals surface area contributed by atoms with E-state index in [0.29, 0.717) is 13.2 Å². The second-order valence-electron chi connectivity index (χ2n) is 8.93. The summed E-state index contributed by atoms with van der Waals surface area (Å²) in [5, 5.41) is 3.70. The predicted molar refractivity (Wildman–Crippen MR) is 113 cm³/mol. The van der Waals surface area contributed by atoms with E-state index in [2.05, 4.69) is 58.1 Å². The van der Waals surface area contributed by atoms with Gasteiger partial charge in [0, 0.05) is 17.6 Å². The van der Waals surface area contributed by atoms with Crippen LogP contribution in [0.5, 0.6) is 11.5 Å². The summed E-state index contributed by atoms with van der Waals surface area (Å²) in [7, 11) is 0. The maximum atomic E-state index is 6.21. The first-order valence-electron chi connectivity index (χ1n) is 9.87. The van der Waals surface area contributed by atoms with Crippen LogP contribution in [0.15, 0.2) is 48.5 Å². The van der Waals surface area contributed by atoms with E-state index in [1.807, 2.05) is 37.3 Å². The van der Waals surface area contributed by atoms with Crippen LogP contribution < -0.4 is 14.8 Å². The van der Waals surface area contributed by atoms with E-state index in [-0.39, 0.29) is 11.0 Å². The van der Waals surface area contributed by atoms with Crippen molar-refractivity contribution in [3.63, 3.8) is 0 Å². The molecular formula is C24H35NO2. The molecule has 3 heteroatoms. The van der Waals surface area contributed by atoms with Crippen molar-refractivity contribution in [3.8, 4) is 11.5 Å². The molecule has 0 aromatic heterocycles. The van der Waals surface area contributed by atoms with Crippen LogP contribution in [-0.4, -0.2) is 12.1 Å². The van der Waals surface area contributed by atoms with Crippen LogP contribution in [0.3, 0.4) is 0 Å². The lowest BCUT2D eigenvalue weighted by molar-refractivity contribution is 0.236. The molecule has 148 valence electrons. The number of ether oxygens (including phenoxy) is 2. The minimum Gasteiger partial charge on any atom is -0.490 e. The average molecular weight is 370 g/mol. The summed E-state index contributed by atoms with van der Waals surface area (Å²) in [5.74, 6) is 1.64. The van der Waals surface area contributed by atoms with Gasteiger partial charge in [-0.3, -0.25) is 0 Å². The van der Waals surface area contributed by atoms with Gasteiger partial charge in [-0.2, -0.15) is 0 Å². The van der Waals surface area contributed by atoms with Gasteiger partial charge in [-0.25, -0.2) is 0 Å². The molecule has 0 unspecified atom stereocenters. The molecule has 27 heavy (non-hydrogen) atoms. The molecular weight excluding hydrogens is 334 g/mol. The Hall–Kier alpha value is -2.00. The van der Waals surface area contributed by atoms with Crippen molar-refractivity contribution < 1.29 is 9.47 Å². The lowest BCUT2D eigenvalue weighted by Crippen LogP contribution is -2.41. The number of nitrogens with one attached hydrogen (secondary N) is 1. The lowest BCUT2D eigenvalue weighted by Gasteiger charge is -2.33. The zero-order valence-corrected chi connectivity index (χ0v) is 17.8. The maximum Gasteiger partial charge on any atom is 0.166 e. The van der Waals surface area contributed by atoms with Crippen molar-refractivity contribution in [3.05, 3.63) is 59.7 Å². The van der Waals surface area contributed by atoms with Gasteiger partial charge in [0.1, 0.15) is 6.61 Å². The van der Waals surface area contributed by atoms with E-state index in [0.717, 1.165) is 35.6 Å². The molecule has 0 heterocycles. The Balaban J connectivity index is 2.16. The zero-order chi connectivity index (χ0) is 19.9. The lowest BCUT2D eigenvalue weighted by atomic mass is 9.81. The fraction of sp³-hybridized carbons (Fsp3) is 0.500. The van der Waals surface area contributed by atoms with Gasteiger partial charge in [0.25, 0.3) is 0 Å². The minimum atomic E-state index is 0.0383. The zero-order valence-electron chi connectivity index (χ0n) is 17.8. The Morgan fingerprint density at radius 3 is 2.19 bits per heavy atom. The van der Waals surface area contributed by atoms with Crippen LogP contribution in [-0.2, 0) is 13.2 Å². The number of benzene rings is 2. The summed E-state index contributed by atoms with van der Waals surface area (Å²) < 4.78 is 12.0. The monoisotopic (exact) mass is 369 g/mol. The topological polar surface area (TPSA) is 30.5 Å². The van der Waals surface area contributed by atoms with Gasteiger partial charge >= 0.3 is 0 Å². The first-order valence-corrected chi connectivity index (χ1v) is 9.87. The van der Waals surface area contributed by atoms with Crippen LogP contribution in [0.1, 0.15) is 59.1 Å². The van der Waals surface area contributed by atoms with Gasteiger partial charge in [0.2, 0.25) is 0 Å². The highest BCUT2D eigenvalue weighted by molar-refractivity contribution is 5.47. The van der Waals surface area contributed by atoms with Gasteiger partial charge in [0.15, 0.2) is 11.5 Å². The highest BCUT2D eigenvalue weighted by Crippen LogP contribution is 2.33. The fourth-order valence-corrected chi connectivity index (χ4v) is 3.59. The number of hydrogen-bond acceptors (Lipinski definition) is 3. The molecule has 0 saturated heterocycles. The highest BCUT2D eigenvalue weighted by atomic mass is 16.5. The summed E-state index contributed by atoms with van der Waals surface area (Å²) in [5.41, 5.74) is 2.59. The molecule has 2 aromatic carbocycles. The Labute approximate surface area is 165 Å². The summed E-state index contributed by atoms with van der Waals surface area (Å²) in [6.07, 6.45) is 1.09. The van der Waals surface area contributed by atoms with Crippen LogP contribution in [0.4, 0.5) is 0 Å². The van der Waals surface area contributed by atoms with E-state index < -0.39 is 0 Å². The Morgan fingerprint density at radius 1 is 0.852 bits per heavy atom. The summed E-state index contributed by atoms with van der Waals surface area (Å²) >= 11 is 0. The molecule has 0 aliphatic heterocycles. The molecule has 0 atom stereocenters. The molecule has 0 spiro atoms. The third-order valence-corrected chi connectivity index (χ3v) is 4.32. The van der Waals surface area contributed by atoms with E-state index in [1.165, 1.54) is 0 Å². The van der Waals surface area contributed by atoms with Gasteiger partial charge in [-0.1, -0.05) is 63.2 Å². The number of para-hydroxylation sites is 1. The molecule has 0 saturated carbocycles. The Bertz CT molecular complexity index is 702. The molecule has 0 aliphatic rings. The maximum absolute atomic E-state index is 6.21. The molecule has 0 aliphatic carbocycles. The van der Waals surface area contributed by atoms with E-state index in [4.69, 9.17) is 9.47 Å². The van der Waals surface area contributed by atoms with Gasteiger partial charge in [-0.15, -0.1) is 0 Å². The molecule has 0 amide bonds. The quantitative estimate of drug-likeness (QED) is 0.591. The van der Waals surface area contributed by atoms with E-state index in [9.17, 15) is 0 Å². The van der Waals surface area contributed by atoms with Crippen LogP contribution in [0.25, 0.3) is 0 Å². The second kappa shape index (κ2) is 9.27. The molecule has 2 rings (SSSR count). The normalized spacial score (nSPS) is 12.1. The van der Waals surface area contributed by atoms with Gasteiger partial charge in [-0.05, 0) is 44.2 Å². The molecule has 0 bridgehead atoms. The number of rotatable bonds is 9. The van der Waals surface area contributed by atoms with Crippen LogP contribution in [0, 0.1) is 5.41 Å². The summed E-state index contributed by atoms with van der Waals surface area (Å²) in [6.45, 7) is 15.2. The number of hydrogen-bond donors (Lipinski definition) is 1. The van der Waals surface area contributed by atoms with Crippen molar-refractivity contribution in [1.29, 1.82) is 0 Å². The SMILES string of the molecule is CCOc1cccc(CNC(C)(C)CC(C)(C)C)c1OCc1ccccc1. The third kappa shape index (κ3) is 7.26. The van der Waals surface area contributed by atoms with E-state index in [1.54, 1.807) is 0 Å². The summed E-state index contributed by atoms with van der Waals surface area (Å²) in [6, 6.07) is 16.4. The van der Waals surface area contributed by atoms with Crippen molar-refractivity contribution in [2.75, 3.05) is 6.61 Å².